The highest BCUT2D eigenvalue weighted by Crippen LogP contribution is 2.39. The molecule has 1 fully saturated rings. The number of anilines is 1. The predicted octanol–water partition coefficient (Wildman–Crippen LogP) is 3.33. The molecule has 1 aliphatic heterocycles. The Hall–Kier alpha value is -3.26. The van der Waals surface area contributed by atoms with Crippen LogP contribution in [0.1, 0.15) is 29.5 Å². The minimum atomic E-state index is -1.07. The SMILES string of the molecule is Cc1cccc2sc(NC(=O)CN3C(=O)NC4(CCCc5ccccc54)C3=O)nc12. The lowest BCUT2D eigenvalue weighted by Crippen LogP contribution is -2.47. The molecule has 30 heavy (non-hydrogen) atoms. The average molecular weight is 420 g/mol. The van der Waals surface area contributed by atoms with Gasteiger partial charge in [-0.2, -0.15) is 0 Å². The standard InChI is InChI=1S/C22H20N4O3S/c1-13-6-4-10-16-18(13)24-20(30-16)23-17(27)12-26-19(28)22(25-21(26)29)11-5-8-14-7-2-3-9-15(14)22/h2-4,6-7,9-10H,5,8,11-12H2,1H3,(H,25,29)(H,23,24,27). The molecule has 1 saturated heterocycles. The maximum atomic E-state index is 13.3. The molecule has 2 heterocycles. The van der Waals surface area contributed by atoms with E-state index in [9.17, 15) is 14.4 Å². The maximum absolute atomic E-state index is 13.3. The molecule has 8 heteroatoms. The summed E-state index contributed by atoms with van der Waals surface area (Å²) in [7, 11) is 0. The van der Waals surface area contributed by atoms with Crippen molar-refractivity contribution in [1.82, 2.24) is 15.2 Å². The Morgan fingerprint density at radius 3 is 2.90 bits per heavy atom. The average Bonchev–Trinajstić information content (AvgIpc) is 3.24. The van der Waals surface area contributed by atoms with Crippen molar-refractivity contribution in [3.8, 4) is 0 Å². The Kier molecular flexibility index (Phi) is 4.32. The van der Waals surface area contributed by atoms with Crippen molar-refractivity contribution >= 4 is 44.5 Å². The van der Waals surface area contributed by atoms with Crippen LogP contribution in [0.2, 0.25) is 0 Å². The zero-order valence-corrected chi connectivity index (χ0v) is 17.2. The summed E-state index contributed by atoms with van der Waals surface area (Å²) in [5.74, 6) is -0.814. The van der Waals surface area contributed by atoms with Crippen molar-refractivity contribution < 1.29 is 14.4 Å². The number of benzene rings is 2. The third-order valence-corrected chi connectivity index (χ3v) is 6.76. The first-order chi connectivity index (χ1) is 14.5. The summed E-state index contributed by atoms with van der Waals surface area (Å²) in [4.78, 5) is 44.0. The van der Waals surface area contributed by atoms with E-state index >= 15 is 0 Å². The largest absolute Gasteiger partial charge is 0.325 e. The molecule has 1 atom stereocenters. The van der Waals surface area contributed by atoms with Gasteiger partial charge >= 0.3 is 6.03 Å². The molecule has 0 bridgehead atoms. The Balaban J connectivity index is 1.36. The molecule has 0 saturated carbocycles. The van der Waals surface area contributed by atoms with E-state index in [1.54, 1.807) is 0 Å². The molecule has 4 amide bonds. The summed E-state index contributed by atoms with van der Waals surface area (Å²) in [6.07, 6.45) is 2.20. The summed E-state index contributed by atoms with van der Waals surface area (Å²) in [6.45, 7) is 1.62. The number of hydrogen-bond donors (Lipinski definition) is 2. The fourth-order valence-electron chi connectivity index (χ4n) is 4.40. The van der Waals surface area contributed by atoms with Crippen molar-refractivity contribution in [3.05, 3.63) is 59.2 Å². The van der Waals surface area contributed by atoms with Crippen LogP contribution in [0.15, 0.2) is 42.5 Å². The van der Waals surface area contributed by atoms with Crippen LogP contribution in [-0.4, -0.2) is 34.3 Å². The van der Waals surface area contributed by atoms with E-state index in [2.05, 4.69) is 15.6 Å². The number of carbonyl (C=O) groups excluding carboxylic acids is 3. The molecule has 7 nitrogen and oxygen atoms in total. The highest BCUT2D eigenvalue weighted by Gasteiger charge is 2.54. The van der Waals surface area contributed by atoms with Crippen molar-refractivity contribution in [1.29, 1.82) is 0 Å². The molecule has 1 aromatic heterocycles. The number of fused-ring (bicyclic) bond motifs is 3. The summed E-state index contributed by atoms with van der Waals surface area (Å²) in [6, 6.07) is 13.0. The molecule has 3 aromatic rings. The van der Waals surface area contributed by atoms with Crippen LogP contribution in [0.4, 0.5) is 9.93 Å². The lowest BCUT2D eigenvalue weighted by atomic mass is 9.76. The van der Waals surface area contributed by atoms with E-state index in [0.717, 1.165) is 44.6 Å². The zero-order chi connectivity index (χ0) is 20.9. The van der Waals surface area contributed by atoms with Gasteiger partial charge in [0.15, 0.2) is 5.13 Å². The summed E-state index contributed by atoms with van der Waals surface area (Å²) in [5, 5.41) is 6.05. The Labute approximate surface area is 177 Å². The van der Waals surface area contributed by atoms with Crippen LogP contribution in [0, 0.1) is 6.92 Å². The maximum Gasteiger partial charge on any atom is 0.325 e. The second-order valence-corrected chi connectivity index (χ2v) is 8.76. The molecule has 1 aliphatic carbocycles. The summed E-state index contributed by atoms with van der Waals surface area (Å²) < 4.78 is 0.970. The smallest absolute Gasteiger partial charge is 0.319 e. The minimum absolute atomic E-state index is 0.344. The van der Waals surface area contributed by atoms with E-state index in [1.165, 1.54) is 11.3 Å². The normalized spacial score (nSPS) is 20.5. The number of aryl methyl sites for hydroxylation is 2. The number of imide groups is 1. The van der Waals surface area contributed by atoms with Gasteiger partial charge < -0.3 is 10.6 Å². The number of aromatic nitrogens is 1. The van der Waals surface area contributed by atoms with E-state index in [4.69, 9.17) is 0 Å². The van der Waals surface area contributed by atoms with Gasteiger partial charge in [0.25, 0.3) is 5.91 Å². The second kappa shape index (κ2) is 6.91. The number of hydrogen-bond acceptors (Lipinski definition) is 5. The molecule has 1 unspecified atom stereocenters. The zero-order valence-electron chi connectivity index (χ0n) is 16.4. The fraction of sp³-hybridized carbons (Fsp3) is 0.273. The number of thiazole rings is 1. The summed E-state index contributed by atoms with van der Waals surface area (Å²) in [5.41, 5.74) is 2.69. The molecular formula is C22H20N4O3S. The van der Waals surface area contributed by atoms with E-state index in [0.29, 0.717) is 11.6 Å². The van der Waals surface area contributed by atoms with Crippen LogP contribution in [0.3, 0.4) is 0 Å². The highest BCUT2D eigenvalue weighted by atomic mass is 32.1. The van der Waals surface area contributed by atoms with Crippen LogP contribution < -0.4 is 10.6 Å². The van der Waals surface area contributed by atoms with Crippen LogP contribution in [0.25, 0.3) is 10.2 Å². The van der Waals surface area contributed by atoms with Gasteiger partial charge in [0, 0.05) is 0 Å². The minimum Gasteiger partial charge on any atom is -0.319 e. The molecule has 5 rings (SSSR count). The van der Waals surface area contributed by atoms with E-state index < -0.39 is 17.5 Å². The van der Waals surface area contributed by atoms with E-state index in [1.807, 2.05) is 49.4 Å². The monoisotopic (exact) mass is 420 g/mol. The number of nitrogens with one attached hydrogen (secondary N) is 2. The lowest BCUT2D eigenvalue weighted by molar-refractivity contribution is -0.134. The third kappa shape index (κ3) is 2.87. The van der Waals surface area contributed by atoms with Gasteiger partial charge in [-0.05, 0) is 48.9 Å². The first kappa shape index (κ1) is 18.7. The van der Waals surface area contributed by atoms with Gasteiger partial charge in [-0.1, -0.05) is 47.7 Å². The molecule has 2 N–H and O–H groups in total. The Bertz CT molecular complexity index is 1200. The van der Waals surface area contributed by atoms with Gasteiger partial charge in [-0.3, -0.25) is 14.5 Å². The van der Waals surface area contributed by atoms with Crippen LogP contribution in [-0.2, 0) is 21.5 Å². The predicted molar refractivity (Wildman–Crippen MR) is 114 cm³/mol. The van der Waals surface area contributed by atoms with Gasteiger partial charge in [0.05, 0.1) is 10.2 Å². The Morgan fingerprint density at radius 1 is 1.23 bits per heavy atom. The number of carbonyl (C=O) groups is 3. The molecule has 0 radical (unpaired) electrons. The highest BCUT2D eigenvalue weighted by molar-refractivity contribution is 7.22. The molecule has 1 spiro atoms. The van der Waals surface area contributed by atoms with Gasteiger partial charge in [0.1, 0.15) is 12.1 Å². The third-order valence-electron chi connectivity index (χ3n) is 5.82. The fourth-order valence-corrected chi connectivity index (χ4v) is 5.36. The first-order valence-electron chi connectivity index (χ1n) is 9.86. The van der Waals surface area contributed by atoms with Gasteiger partial charge in [-0.15, -0.1) is 0 Å². The van der Waals surface area contributed by atoms with Crippen LogP contribution in [0.5, 0.6) is 0 Å². The number of nitrogens with zero attached hydrogens (tertiary/aromatic N) is 2. The van der Waals surface area contributed by atoms with Crippen molar-refractivity contribution in [2.45, 2.75) is 31.7 Å². The van der Waals surface area contributed by atoms with Gasteiger partial charge in [0.2, 0.25) is 5.91 Å². The van der Waals surface area contributed by atoms with Crippen molar-refractivity contribution in [2.75, 3.05) is 11.9 Å². The van der Waals surface area contributed by atoms with Crippen molar-refractivity contribution in [3.63, 3.8) is 0 Å². The quantitative estimate of drug-likeness (QED) is 0.636. The topological polar surface area (TPSA) is 91.4 Å². The Morgan fingerprint density at radius 2 is 2.07 bits per heavy atom. The number of rotatable bonds is 3. The lowest BCUT2D eigenvalue weighted by Gasteiger charge is -2.33. The number of para-hydroxylation sites is 1. The van der Waals surface area contributed by atoms with Gasteiger partial charge in [-0.25, -0.2) is 9.78 Å². The van der Waals surface area contributed by atoms with Crippen molar-refractivity contribution in [2.24, 2.45) is 0 Å². The van der Waals surface area contributed by atoms with Crippen LogP contribution >= 0.6 is 11.3 Å². The number of urea groups is 1. The number of amides is 4. The van der Waals surface area contributed by atoms with E-state index in [-0.39, 0.29) is 12.5 Å². The molecule has 152 valence electrons. The first-order valence-corrected chi connectivity index (χ1v) is 10.7. The molecule has 2 aliphatic rings. The summed E-state index contributed by atoms with van der Waals surface area (Å²) >= 11 is 1.36. The molecular weight excluding hydrogens is 400 g/mol. The molecule has 2 aromatic carbocycles. The second-order valence-electron chi connectivity index (χ2n) is 7.73.